The van der Waals surface area contributed by atoms with Gasteiger partial charge in [-0.15, -0.1) is 0 Å². The van der Waals surface area contributed by atoms with E-state index in [4.69, 9.17) is 63.1 Å². The van der Waals surface area contributed by atoms with Crippen molar-refractivity contribution in [2.24, 2.45) is 0 Å². The van der Waals surface area contributed by atoms with Crippen molar-refractivity contribution < 1.29 is 19.8 Å². The zero-order valence-corrected chi connectivity index (χ0v) is 14.9. The van der Waals surface area contributed by atoms with E-state index in [1.807, 2.05) is 0 Å². The van der Waals surface area contributed by atoms with Crippen molar-refractivity contribution in [2.75, 3.05) is 0 Å². The van der Waals surface area contributed by atoms with Crippen LogP contribution in [0.15, 0.2) is 47.2 Å². The second-order valence-electron chi connectivity index (χ2n) is 4.24. The molecule has 1 N–H and O–H groups in total. The second-order valence-corrected chi connectivity index (χ2v) is 7.46. The summed E-state index contributed by atoms with van der Waals surface area (Å²) in [7, 11) is 0. The number of halogens is 5. The predicted octanol–water partition coefficient (Wildman–Crippen LogP) is 3.81. The van der Waals surface area contributed by atoms with E-state index in [2.05, 4.69) is 0 Å². The van der Waals surface area contributed by atoms with E-state index < -0.39 is 32.3 Å². The SMILES string of the molecule is O=C(O)/C([O-])=C(Cl)/C=C\C(=O)C(c1ccc(Cl)cc1)C(Cl)(Cl)Cl. The molecule has 0 radical (unpaired) electrons. The van der Waals surface area contributed by atoms with Crippen LogP contribution < -0.4 is 5.11 Å². The smallest absolute Gasteiger partial charge is 0.321 e. The molecule has 0 aliphatic heterocycles. The maximum atomic E-state index is 12.3. The van der Waals surface area contributed by atoms with Gasteiger partial charge in [0.15, 0.2) is 5.78 Å². The molecule has 1 atom stereocenters. The van der Waals surface area contributed by atoms with Crippen molar-refractivity contribution in [2.45, 2.75) is 9.71 Å². The van der Waals surface area contributed by atoms with Crippen LogP contribution in [0.5, 0.6) is 0 Å². The monoisotopic (exact) mass is 415 g/mol. The molecule has 1 aromatic carbocycles. The Bertz CT molecular complexity index is 659. The number of carboxylic acids is 1. The molecule has 1 unspecified atom stereocenters. The Morgan fingerprint density at radius 3 is 2.09 bits per heavy atom. The lowest BCUT2D eigenvalue weighted by Gasteiger charge is -2.22. The number of alkyl halides is 3. The van der Waals surface area contributed by atoms with Gasteiger partial charge in [0, 0.05) is 10.1 Å². The maximum Gasteiger partial charge on any atom is 0.321 e. The number of carbonyl (C=O) groups excluding carboxylic acids is 1. The quantitative estimate of drug-likeness (QED) is 0.342. The molecular weight excluding hydrogens is 409 g/mol. The zero-order valence-electron chi connectivity index (χ0n) is 11.1. The Morgan fingerprint density at radius 1 is 1.13 bits per heavy atom. The summed E-state index contributed by atoms with van der Waals surface area (Å²) < 4.78 is -1.97. The molecule has 0 fully saturated rings. The first-order chi connectivity index (χ1) is 10.5. The number of aliphatic carboxylic acids is 1. The molecule has 23 heavy (non-hydrogen) atoms. The molecular formula is C14H8Cl5O4-. The molecule has 1 rings (SSSR count). The number of hydrogen-bond donors (Lipinski definition) is 1. The molecule has 0 saturated heterocycles. The summed E-state index contributed by atoms with van der Waals surface area (Å²) in [5, 5.41) is 19.4. The molecule has 0 amide bonds. The first kappa shape index (κ1) is 20.1. The standard InChI is InChI=1S/C14H9Cl5O4/c15-8-3-1-7(2-4-8)11(14(17,18)19)10(20)6-5-9(16)12(21)13(22)23/h1-6,11,21H,(H,22,23)/p-1/b6-5-,12-9+. The van der Waals surface area contributed by atoms with E-state index in [1.54, 1.807) is 0 Å². The van der Waals surface area contributed by atoms with E-state index in [0.717, 1.165) is 12.2 Å². The highest BCUT2D eigenvalue weighted by Crippen LogP contribution is 2.42. The van der Waals surface area contributed by atoms with Crippen molar-refractivity contribution in [3.8, 4) is 0 Å². The first-order valence-electron chi connectivity index (χ1n) is 5.88. The van der Waals surface area contributed by atoms with Crippen molar-refractivity contribution in [3.63, 3.8) is 0 Å². The lowest BCUT2D eigenvalue weighted by Crippen LogP contribution is -2.24. The minimum atomic E-state index is -1.97. The zero-order chi connectivity index (χ0) is 17.8. The summed E-state index contributed by atoms with van der Waals surface area (Å²) in [5.74, 6) is -4.97. The van der Waals surface area contributed by atoms with Crippen LogP contribution in [0, 0.1) is 0 Å². The summed E-state index contributed by atoms with van der Waals surface area (Å²) in [5.41, 5.74) is 0.379. The molecule has 0 spiro atoms. The van der Waals surface area contributed by atoms with Crippen LogP contribution in [0.1, 0.15) is 11.5 Å². The lowest BCUT2D eigenvalue weighted by atomic mass is 9.95. The number of rotatable bonds is 5. The maximum absolute atomic E-state index is 12.3. The van der Waals surface area contributed by atoms with Gasteiger partial charge in [-0.3, -0.25) is 4.79 Å². The average Bonchev–Trinajstić information content (AvgIpc) is 2.44. The third-order valence-corrected chi connectivity index (χ3v) is 3.82. The van der Waals surface area contributed by atoms with E-state index in [9.17, 15) is 14.7 Å². The topological polar surface area (TPSA) is 77.4 Å². The fourth-order valence-electron chi connectivity index (χ4n) is 1.60. The van der Waals surface area contributed by atoms with Gasteiger partial charge in [0.25, 0.3) is 0 Å². The van der Waals surface area contributed by atoms with Gasteiger partial charge in [-0.05, 0) is 35.6 Å². The Hall–Kier alpha value is -0.910. The fraction of sp³-hybridized carbons (Fsp3) is 0.143. The molecule has 0 aromatic heterocycles. The molecule has 0 aliphatic carbocycles. The van der Waals surface area contributed by atoms with Gasteiger partial charge < -0.3 is 10.2 Å². The van der Waals surface area contributed by atoms with Gasteiger partial charge >= 0.3 is 5.97 Å². The van der Waals surface area contributed by atoms with Crippen LogP contribution in [0.3, 0.4) is 0 Å². The number of hydrogen-bond acceptors (Lipinski definition) is 3. The highest BCUT2D eigenvalue weighted by atomic mass is 35.6. The first-order valence-corrected chi connectivity index (χ1v) is 7.77. The van der Waals surface area contributed by atoms with E-state index in [0.29, 0.717) is 10.6 Å². The van der Waals surface area contributed by atoms with Crippen LogP contribution >= 0.6 is 58.0 Å². The summed E-state index contributed by atoms with van der Waals surface area (Å²) in [4.78, 5) is 22.8. The summed E-state index contributed by atoms with van der Waals surface area (Å²) in [6.07, 6.45) is 1.73. The van der Waals surface area contributed by atoms with Gasteiger partial charge in [0.05, 0.1) is 5.92 Å². The van der Waals surface area contributed by atoms with Gasteiger partial charge in [-0.2, -0.15) is 0 Å². The molecule has 9 heteroatoms. The third kappa shape index (κ3) is 5.90. The minimum Gasteiger partial charge on any atom is -0.867 e. The largest absolute Gasteiger partial charge is 0.867 e. The Morgan fingerprint density at radius 2 is 1.65 bits per heavy atom. The van der Waals surface area contributed by atoms with Crippen molar-refractivity contribution in [3.05, 3.63) is 57.8 Å². The van der Waals surface area contributed by atoms with Crippen molar-refractivity contribution in [1.29, 1.82) is 0 Å². The molecule has 1 aromatic rings. The average molecular weight is 417 g/mol. The Kier molecular flexibility index (Phi) is 7.24. The minimum absolute atomic E-state index is 0.379. The molecule has 0 aliphatic rings. The summed E-state index contributed by atoms with van der Waals surface area (Å²) >= 11 is 28.8. The fourth-order valence-corrected chi connectivity index (χ4v) is 2.57. The molecule has 0 bridgehead atoms. The third-order valence-electron chi connectivity index (χ3n) is 2.62. The van der Waals surface area contributed by atoms with Crippen LogP contribution in [0.25, 0.3) is 0 Å². The van der Waals surface area contributed by atoms with Crippen molar-refractivity contribution >= 4 is 69.8 Å². The highest BCUT2D eigenvalue weighted by Gasteiger charge is 2.38. The second kappa shape index (κ2) is 8.27. The number of carbonyl (C=O) groups is 2. The van der Waals surface area contributed by atoms with E-state index in [-0.39, 0.29) is 0 Å². The Balaban J connectivity index is 3.15. The predicted molar refractivity (Wildman–Crippen MR) is 89.1 cm³/mol. The van der Waals surface area contributed by atoms with Crippen LogP contribution in [0.4, 0.5) is 0 Å². The van der Waals surface area contributed by atoms with Gasteiger partial charge in [-0.1, -0.05) is 70.1 Å². The summed E-state index contributed by atoms with van der Waals surface area (Å²) in [6.45, 7) is 0. The number of carboxylic acid groups (broad SMARTS) is 1. The number of allylic oxidation sites excluding steroid dienone is 3. The van der Waals surface area contributed by atoms with Crippen LogP contribution in [0.2, 0.25) is 5.02 Å². The van der Waals surface area contributed by atoms with Gasteiger partial charge in [-0.25, -0.2) is 4.79 Å². The number of benzene rings is 1. The Labute approximate surface area is 156 Å². The van der Waals surface area contributed by atoms with Gasteiger partial charge in [0.1, 0.15) is 0 Å². The van der Waals surface area contributed by atoms with Crippen LogP contribution in [-0.4, -0.2) is 20.7 Å². The normalized spacial score (nSPS) is 14.5. The molecule has 4 nitrogen and oxygen atoms in total. The molecule has 0 saturated carbocycles. The lowest BCUT2D eigenvalue weighted by molar-refractivity contribution is -0.303. The number of ketones is 1. The molecule has 124 valence electrons. The van der Waals surface area contributed by atoms with Gasteiger partial charge in [0.2, 0.25) is 3.79 Å². The van der Waals surface area contributed by atoms with E-state index in [1.165, 1.54) is 24.3 Å². The molecule has 0 heterocycles. The van der Waals surface area contributed by atoms with Crippen LogP contribution in [-0.2, 0) is 9.59 Å². The summed E-state index contributed by atoms with van der Waals surface area (Å²) in [6, 6.07) is 6.05. The van der Waals surface area contributed by atoms with Crippen molar-refractivity contribution in [1.82, 2.24) is 0 Å². The highest BCUT2D eigenvalue weighted by molar-refractivity contribution is 6.69. The van der Waals surface area contributed by atoms with E-state index >= 15 is 0 Å².